The van der Waals surface area contributed by atoms with Gasteiger partial charge in [-0.3, -0.25) is 14.8 Å². The highest BCUT2D eigenvalue weighted by Gasteiger charge is 2.04. The van der Waals surface area contributed by atoms with Gasteiger partial charge in [-0.15, -0.1) is 0 Å². The van der Waals surface area contributed by atoms with Crippen molar-refractivity contribution in [3.63, 3.8) is 0 Å². The lowest BCUT2D eigenvalue weighted by atomic mass is 10.0. The van der Waals surface area contributed by atoms with Crippen LogP contribution >= 0.6 is 0 Å². The molecule has 0 unspecified atom stereocenters. The van der Waals surface area contributed by atoms with Crippen molar-refractivity contribution in [2.45, 2.75) is 12.8 Å². The lowest BCUT2D eigenvalue weighted by molar-refractivity contribution is 0.852. The van der Waals surface area contributed by atoms with E-state index in [1.165, 1.54) is 22.8 Å². The number of aromatic amines is 1. The van der Waals surface area contributed by atoms with Crippen LogP contribution < -0.4 is 10.9 Å². The number of aryl methyl sites for hydroxylation is 1. The molecule has 0 amide bonds. The first kappa shape index (κ1) is 18.6. The molecule has 5 heteroatoms. The second kappa shape index (κ2) is 8.97. The molecule has 0 aliphatic rings. The lowest BCUT2D eigenvalue weighted by Crippen LogP contribution is -2.14. The first-order valence-electron chi connectivity index (χ1n) is 9.68. The Hall–Kier alpha value is -3.73. The molecule has 2 aromatic heterocycles. The van der Waals surface area contributed by atoms with E-state index in [1.807, 2.05) is 18.2 Å². The van der Waals surface area contributed by atoms with Crippen molar-refractivity contribution in [1.29, 1.82) is 0 Å². The van der Waals surface area contributed by atoms with E-state index in [-0.39, 0.29) is 5.56 Å². The summed E-state index contributed by atoms with van der Waals surface area (Å²) in [6.45, 7) is 0.725. The largest absolute Gasteiger partial charge is 0.356 e. The van der Waals surface area contributed by atoms with Crippen molar-refractivity contribution in [2.75, 3.05) is 11.9 Å². The van der Waals surface area contributed by atoms with Gasteiger partial charge in [-0.05, 0) is 41.7 Å². The second-order valence-corrected chi connectivity index (χ2v) is 6.81. The smallest absolute Gasteiger partial charge is 0.252 e. The van der Waals surface area contributed by atoms with Crippen LogP contribution in [0.15, 0.2) is 90.0 Å². The summed E-state index contributed by atoms with van der Waals surface area (Å²) in [6.07, 6.45) is 5.27. The molecule has 0 saturated carbocycles. The molecule has 2 N–H and O–H groups in total. The Balaban J connectivity index is 1.33. The van der Waals surface area contributed by atoms with E-state index in [9.17, 15) is 4.79 Å². The van der Waals surface area contributed by atoms with E-state index in [2.05, 4.69) is 68.8 Å². The van der Waals surface area contributed by atoms with Crippen LogP contribution in [-0.4, -0.2) is 21.5 Å². The van der Waals surface area contributed by atoms with Gasteiger partial charge < -0.3 is 5.32 Å². The third-order valence-corrected chi connectivity index (χ3v) is 4.71. The molecule has 144 valence electrons. The molecule has 0 saturated heterocycles. The van der Waals surface area contributed by atoms with Crippen LogP contribution in [0.3, 0.4) is 0 Å². The maximum Gasteiger partial charge on any atom is 0.252 e. The first-order valence-corrected chi connectivity index (χ1v) is 9.68. The van der Waals surface area contributed by atoms with Crippen molar-refractivity contribution in [1.82, 2.24) is 15.0 Å². The molecule has 2 aromatic carbocycles. The van der Waals surface area contributed by atoms with Crippen LogP contribution in [0, 0.1) is 0 Å². The van der Waals surface area contributed by atoms with Gasteiger partial charge in [0.15, 0.2) is 0 Å². The molecule has 0 spiro atoms. The summed E-state index contributed by atoms with van der Waals surface area (Å²) >= 11 is 0. The third kappa shape index (κ3) is 4.96. The molecule has 29 heavy (non-hydrogen) atoms. The predicted molar refractivity (Wildman–Crippen MR) is 117 cm³/mol. The maximum atomic E-state index is 11.9. The number of rotatable bonds is 7. The Morgan fingerprint density at radius 2 is 1.55 bits per heavy atom. The average Bonchev–Trinajstić information content (AvgIpc) is 2.78. The van der Waals surface area contributed by atoms with E-state index in [0.29, 0.717) is 11.6 Å². The van der Waals surface area contributed by atoms with Gasteiger partial charge in [-0.2, -0.15) is 0 Å². The van der Waals surface area contributed by atoms with Crippen LogP contribution in [0.5, 0.6) is 0 Å². The second-order valence-electron chi connectivity index (χ2n) is 6.81. The van der Waals surface area contributed by atoms with Gasteiger partial charge in [-0.1, -0.05) is 54.6 Å². The highest BCUT2D eigenvalue weighted by Crippen LogP contribution is 2.20. The number of benzene rings is 2. The van der Waals surface area contributed by atoms with Crippen LogP contribution in [0.4, 0.5) is 5.95 Å². The average molecular weight is 382 g/mol. The Morgan fingerprint density at radius 1 is 0.828 bits per heavy atom. The van der Waals surface area contributed by atoms with E-state index >= 15 is 0 Å². The molecule has 4 rings (SSSR count). The Morgan fingerprint density at radius 3 is 2.31 bits per heavy atom. The minimum Gasteiger partial charge on any atom is -0.356 e. The first-order chi connectivity index (χ1) is 14.3. The van der Waals surface area contributed by atoms with Crippen molar-refractivity contribution in [2.24, 2.45) is 0 Å². The number of anilines is 1. The molecule has 0 aliphatic carbocycles. The van der Waals surface area contributed by atoms with Crippen LogP contribution in [0.2, 0.25) is 0 Å². The molecule has 0 bridgehead atoms. The van der Waals surface area contributed by atoms with Gasteiger partial charge in [0.1, 0.15) is 0 Å². The van der Waals surface area contributed by atoms with E-state index < -0.39 is 0 Å². The van der Waals surface area contributed by atoms with E-state index in [0.717, 1.165) is 24.9 Å². The summed E-state index contributed by atoms with van der Waals surface area (Å²) in [7, 11) is 0. The summed E-state index contributed by atoms with van der Waals surface area (Å²) in [5.41, 5.74) is 5.07. The summed E-state index contributed by atoms with van der Waals surface area (Å²) in [6, 6.07) is 24.2. The Labute approximate surface area is 169 Å². The number of nitrogens with one attached hydrogen (secondary N) is 2. The minimum atomic E-state index is -0.175. The number of nitrogens with zero attached hydrogens (tertiary/aromatic N) is 2. The highest BCUT2D eigenvalue weighted by molar-refractivity contribution is 5.63. The van der Waals surface area contributed by atoms with Crippen molar-refractivity contribution in [3.8, 4) is 22.4 Å². The highest BCUT2D eigenvalue weighted by atomic mass is 16.1. The number of hydrogen-bond acceptors (Lipinski definition) is 4. The zero-order chi connectivity index (χ0) is 19.9. The number of aromatic nitrogens is 3. The Bertz CT molecular complexity index is 1110. The third-order valence-electron chi connectivity index (χ3n) is 4.71. The molecule has 0 atom stereocenters. The summed E-state index contributed by atoms with van der Waals surface area (Å²) in [5, 5.41) is 3.22. The van der Waals surface area contributed by atoms with Crippen LogP contribution in [0.1, 0.15) is 12.0 Å². The monoisotopic (exact) mass is 382 g/mol. The van der Waals surface area contributed by atoms with E-state index in [1.54, 1.807) is 12.4 Å². The summed E-state index contributed by atoms with van der Waals surface area (Å²) in [4.78, 5) is 23.2. The van der Waals surface area contributed by atoms with Gasteiger partial charge in [0, 0.05) is 30.6 Å². The molecule has 0 fully saturated rings. The van der Waals surface area contributed by atoms with Crippen molar-refractivity contribution >= 4 is 5.95 Å². The lowest BCUT2D eigenvalue weighted by Gasteiger charge is -2.08. The van der Waals surface area contributed by atoms with Crippen molar-refractivity contribution in [3.05, 3.63) is 101 Å². The van der Waals surface area contributed by atoms with Crippen molar-refractivity contribution < 1.29 is 0 Å². The predicted octanol–water partition coefficient (Wildman–Crippen LogP) is 4.54. The summed E-state index contributed by atoms with van der Waals surface area (Å²) in [5.74, 6) is 0.490. The molecule has 5 nitrogen and oxygen atoms in total. The normalized spacial score (nSPS) is 10.6. The minimum absolute atomic E-state index is 0.175. The summed E-state index contributed by atoms with van der Waals surface area (Å²) < 4.78 is 0. The molecule has 2 heterocycles. The zero-order valence-corrected chi connectivity index (χ0v) is 16.0. The maximum absolute atomic E-state index is 11.9. The number of pyridine rings is 1. The van der Waals surface area contributed by atoms with Gasteiger partial charge in [0.05, 0.1) is 5.69 Å². The molecule has 0 radical (unpaired) electrons. The van der Waals surface area contributed by atoms with E-state index in [4.69, 9.17) is 0 Å². The van der Waals surface area contributed by atoms with Gasteiger partial charge >= 0.3 is 0 Å². The van der Waals surface area contributed by atoms with Crippen LogP contribution in [0.25, 0.3) is 22.4 Å². The SMILES string of the molecule is O=c1cc(-c2ccncc2)nc(NCCCc2ccc(-c3ccccc3)cc2)[nH]1. The fourth-order valence-electron chi connectivity index (χ4n) is 3.21. The molecule has 4 aromatic rings. The Kier molecular flexibility index (Phi) is 5.76. The number of hydrogen-bond donors (Lipinski definition) is 2. The van der Waals surface area contributed by atoms with Gasteiger partial charge in [0.2, 0.25) is 5.95 Å². The topological polar surface area (TPSA) is 70.7 Å². The quantitative estimate of drug-likeness (QED) is 0.460. The standard InChI is InChI=1S/C24H22N4O/c29-23-17-22(21-12-15-25-16-13-21)27-24(28-23)26-14-4-5-18-8-10-20(11-9-18)19-6-2-1-3-7-19/h1-3,6-13,15-17H,4-5,14H2,(H2,26,27,28,29). The fraction of sp³-hybridized carbons (Fsp3) is 0.125. The molecular weight excluding hydrogens is 360 g/mol. The zero-order valence-electron chi connectivity index (χ0n) is 16.0. The molecule has 0 aliphatic heterocycles. The molecular formula is C24H22N4O. The van der Waals surface area contributed by atoms with Gasteiger partial charge in [-0.25, -0.2) is 4.98 Å². The fourth-order valence-corrected chi connectivity index (χ4v) is 3.21. The van der Waals surface area contributed by atoms with Crippen LogP contribution in [-0.2, 0) is 6.42 Å². The number of H-pyrrole nitrogens is 1. The van der Waals surface area contributed by atoms with Gasteiger partial charge in [0.25, 0.3) is 5.56 Å².